The molecule has 8 nitrogen and oxygen atoms in total. The monoisotopic (exact) mass is 542 g/mol. The zero-order valence-electron chi connectivity index (χ0n) is 21.6. The summed E-state index contributed by atoms with van der Waals surface area (Å²) in [6, 6.07) is 9.24. The van der Waals surface area contributed by atoms with Crippen LogP contribution in [0.1, 0.15) is 72.6 Å². The third-order valence-electron chi connectivity index (χ3n) is 7.79. The highest BCUT2D eigenvalue weighted by Crippen LogP contribution is 2.35. The molecule has 5 rings (SSSR count). The predicted molar refractivity (Wildman–Crippen MR) is 139 cm³/mol. The highest BCUT2D eigenvalue weighted by molar-refractivity contribution is 5.94. The van der Waals surface area contributed by atoms with Crippen molar-refractivity contribution in [3.63, 3.8) is 0 Å². The minimum atomic E-state index is -4.44. The molecule has 1 saturated carbocycles. The first-order valence-corrected chi connectivity index (χ1v) is 13.6. The van der Waals surface area contributed by atoms with E-state index in [-0.39, 0.29) is 30.8 Å². The van der Waals surface area contributed by atoms with Gasteiger partial charge in [-0.05, 0) is 61.9 Å². The first-order valence-electron chi connectivity index (χ1n) is 13.6. The summed E-state index contributed by atoms with van der Waals surface area (Å²) in [6.07, 6.45) is 4.61. The van der Waals surface area contributed by atoms with Gasteiger partial charge < -0.3 is 16.0 Å². The molecule has 208 valence electrons. The van der Waals surface area contributed by atoms with Crippen LogP contribution in [0.3, 0.4) is 0 Å². The summed E-state index contributed by atoms with van der Waals surface area (Å²) < 4.78 is 41.8. The van der Waals surface area contributed by atoms with Gasteiger partial charge in [-0.1, -0.05) is 37.5 Å². The van der Waals surface area contributed by atoms with Crippen molar-refractivity contribution in [2.24, 2.45) is 11.8 Å². The molecular formula is C28H33F3N6O2. The smallest absolute Gasteiger partial charge is 0.351 e. The van der Waals surface area contributed by atoms with Gasteiger partial charge in [0, 0.05) is 12.1 Å². The molecule has 39 heavy (non-hydrogen) atoms. The van der Waals surface area contributed by atoms with E-state index < -0.39 is 24.0 Å². The lowest BCUT2D eigenvalue weighted by Gasteiger charge is -2.32. The van der Waals surface area contributed by atoms with Crippen LogP contribution in [-0.2, 0) is 11.3 Å². The number of imidazole rings is 1. The molecule has 3 heterocycles. The topological polar surface area (TPSA) is 100 Å². The van der Waals surface area contributed by atoms with E-state index in [4.69, 9.17) is 4.98 Å². The van der Waals surface area contributed by atoms with Crippen molar-refractivity contribution in [2.45, 2.75) is 69.8 Å². The van der Waals surface area contributed by atoms with Crippen molar-refractivity contribution in [3.8, 4) is 0 Å². The molecule has 1 saturated heterocycles. The Morgan fingerprint density at radius 2 is 1.85 bits per heavy atom. The van der Waals surface area contributed by atoms with E-state index in [9.17, 15) is 22.8 Å². The second-order valence-corrected chi connectivity index (χ2v) is 10.5. The second kappa shape index (κ2) is 11.7. The molecule has 2 aromatic heterocycles. The molecule has 1 aliphatic carbocycles. The number of benzene rings is 1. The van der Waals surface area contributed by atoms with Crippen LogP contribution >= 0.6 is 0 Å². The van der Waals surface area contributed by atoms with Gasteiger partial charge in [0.1, 0.15) is 0 Å². The Balaban J connectivity index is 1.31. The molecular weight excluding hydrogens is 509 g/mol. The summed E-state index contributed by atoms with van der Waals surface area (Å²) in [4.78, 5) is 30.4. The first kappa shape index (κ1) is 27.1. The number of alkyl halides is 3. The fourth-order valence-electron chi connectivity index (χ4n) is 5.71. The summed E-state index contributed by atoms with van der Waals surface area (Å²) in [6.45, 7) is 0.405. The molecule has 0 bridgehead atoms. The van der Waals surface area contributed by atoms with E-state index in [1.165, 1.54) is 6.42 Å². The summed E-state index contributed by atoms with van der Waals surface area (Å²) in [5.74, 6) is -2.29. The van der Waals surface area contributed by atoms with Gasteiger partial charge in [0.25, 0.3) is 5.91 Å². The van der Waals surface area contributed by atoms with Crippen LogP contribution in [0.5, 0.6) is 0 Å². The standard InChI is InChI=1S/C28H33F3N6O2/c29-28(30,31)21-12-7-13-32-25(21)27(39)33-15-18-14-23-35-22(17-37(23)34-16-18)24(19-8-3-1-4-9-19)36-26(38)20-10-5-2-6-11-20/h2,5-6,10-11,14,16-17,19,21,24-25,32H,1,3-4,7-9,12-13,15H2,(H,33,39)(H,36,38)/t21-,24-,25-/m0/s1. The highest BCUT2D eigenvalue weighted by Gasteiger charge is 2.48. The first-order chi connectivity index (χ1) is 18.8. The summed E-state index contributed by atoms with van der Waals surface area (Å²) in [5, 5.41) is 12.9. The van der Waals surface area contributed by atoms with E-state index in [1.54, 1.807) is 28.9 Å². The number of nitrogens with one attached hydrogen (secondary N) is 3. The maximum atomic E-state index is 13.4. The van der Waals surface area contributed by atoms with Crippen molar-refractivity contribution in [1.82, 2.24) is 30.5 Å². The number of carbonyl (C=O) groups is 2. The molecule has 1 aromatic carbocycles. The van der Waals surface area contributed by atoms with Gasteiger partial charge in [-0.15, -0.1) is 0 Å². The lowest BCUT2D eigenvalue weighted by atomic mass is 9.82. The molecule has 1 aliphatic heterocycles. The van der Waals surface area contributed by atoms with Crippen molar-refractivity contribution >= 4 is 17.5 Å². The van der Waals surface area contributed by atoms with Crippen LogP contribution in [0.15, 0.2) is 48.8 Å². The molecule has 2 fully saturated rings. The quantitative estimate of drug-likeness (QED) is 0.413. The summed E-state index contributed by atoms with van der Waals surface area (Å²) in [5.41, 5.74) is 2.45. The maximum absolute atomic E-state index is 13.4. The van der Waals surface area contributed by atoms with Gasteiger partial charge in [-0.2, -0.15) is 18.3 Å². The number of hydrogen-bond acceptors (Lipinski definition) is 5. The van der Waals surface area contributed by atoms with Crippen LogP contribution in [0.25, 0.3) is 5.65 Å². The molecule has 0 radical (unpaired) electrons. The zero-order chi connectivity index (χ0) is 27.4. The Morgan fingerprint density at radius 1 is 1.08 bits per heavy atom. The lowest BCUT2D eigenvalue weighted by molar-refractivity contribution is -0.190. The maximum Gasteiger partial charge on any atom is 0.393 e. The average Bonchev–Trinajstić information content (AvgIpc) is 3.38. The largest absolute Gasteiger partial charge is 0.393 e. The van der Waals surface area contributed by atoms with Crippen LogP contribution in [0, 0.1) is 11.8 Å². The number of halogens is 3. The zero-order valence-corrected chi connectivity index (χ0v) is 21.6. The van der Waals surface area contributed by atoms with E-state index in [0.29, 0.717) is 35.4 Å². The van der Waals surface area contributed by atoms with Gasteiger partial charge in [-0.3, -0.25) is 9.59 Å². The normalized spacial score (nSPS) is 21.4. The van der Waals surface area contributed by atoms with E-state index >= 15 is 0 Å². The number of aromatic nitrogens is 3. The Labute approximate surface area is 224 Å². The lowest BCUT2D eigenvalue weighted by Crippen LogP contribution is -2.55. The van der Waals surface area contributed by atoms with Gasteiger partial charge in [-0.25, -0.2) is 9.50 Å². The number of hydrogen-bond donors (Lipinski definition) is 3. The Hall–Kier alpha value is -3.47. The molecule has 3 atom stereocenters. The molecule has 3 N–H and O–H groups in total. The van der Waals surface area contributed by atoms with Gasteiger partial charge in [0.15, 0.2) is 5.65 Å². The Bertz CT molecular complexity index is 1290. The van der Waals surface area contributed by atoms with E-state index in [1.807, 2.05) is 24.4 Å². The Kier molecular flexibility index (Phi) is 8.15. The minimum absolute atomic E-state index is 0.0318. The third kappa shape index (κ3) is 6.41. The van der Waals surface area contributed by atoms with Crippen LogP contribution < -0.4 is 16.0 Å². The van der Waals surface area contributed by atoms with Gasteiger partial charge >= 0.3 is 6.18 Å². The van der Waals surface area contributed by atoms with Gasteiger partial charge in [0.2, 0.25) is 5.91 Å². The molecule has 2 aliphatic rings. The number of fused-ring (bicyclic) bond motifs is 1. The SMILES string of the molecule is O=C(N[C@H](c1cn2ncc(CNC(=O)[C@H]3NCCC[C@@H]3C(F)(F)F)cc2n1)C1CCCCC1)c1ccccc1. The molecule has 0 unspecified atom stereocenters. The highest BCUT2D eigenvalue weighted by atomic mass is 19.4. The van der Waals surface area contributed by atoms with Crippen molar-refractivity contribution in [1.29, 1.82) is 0 Å². The predicted octanol–water partition coefficient (Wildman–Crippen LogP) is 4.33. The Morgan fingerprint density at radius 3 is 2.59 bits per heavy atom. The van der Waals surface area contributed by atoms with Crippen molar-refractivity contribution < 1.29 is 22.8 Å². The average molecular weight is 543 g/mol. The van der Waals surface area contributed by atoms with Crippen molar-refractivity contribution in [2.75, 3.05) is 6.54 Å². The molecule has 0 spiro atoms. The number of carbonyl (C=O) groups excluding carboxylic acids is 2. The van der Waals surface area contributed by atoms with Crippen LogP contribution in [0.2, 0.25) is 0 Å². The number of piperidine rings is 1. The fourth-order valence-corrected chi connectivity index (χ4v) is 5.71. The molecule has 3 aromatic rings. The number of rotatable bonds is 7. The van der Waals surface area contributed by atoms with Gasteiger partial charge in [0.05, 0.1) is 36.1 Å². The fraction of sp³-hybridized carbons (Fsp3) is 0.500. The van der Waals surface area contributed by atoms with Crippen molar-refractivity contribution in [3.05, 3.63) is 65.6 Å². The summed E-state index contributed by atoms with van der Waals surface area (Å²) in [7, 11) is 0. The molecule has 11 heteroatoms. The minimum Gasteiger partial charge on any atom is -0.351 e. The van der Waals surface area contributed by atoms with E-state index in [0.717, 1.165) is 25.7 Å². The van der Waals surface area contributed by atoms with Crippen LogP contribution in [-0.4, -0.2) is 45.2 Å². The molecule has 2 amide bonds. The number of nitrogens with zero attached hydrogens (tertiary/aromatic N) is 3. The third-order valence-corrected chi connectivity index (χ3v) is 7.79. The van der Waals surface area contributed by atoms with E-state index in [2.05, 4.69) is 21.0 Å². The number of amides is 2. The summed E-state index contributed by atoms with van der Waals surface area (Å²) >= 11 is 0. The van der Waals surface area contributed by atoms with Crippen LogP contribution in [0.4, 0.5) is 13.2 Å². The second-order valence-electron chi connectivity index (χ2n) is 10.5.